The quantitative estimate of drug-likeness (QED) is 0.184. The summed E-state index contributed by atoms with van der Waals surface area (Å²) in [5.41, 5.74) is 16.9. The lowest BCUT2D eigenvalue weighted by Gasteiger charge is -2.24. The summed E-state index contributed by atoms with van der Waals surface area (Å²) in [5, 5.41) is 0. The second-order valence-corrected chi connectivity index (χ2v) is 14.2. The van der Waals surface area contributed by atoms with Crippen LogP contribution in [0.25, 0.3) is 78.1 Å². The maximum Gasteiger partial charge on any atom is 0.159 e. The molecule has 0 radical (unpaired) electrons. The fourth-order valence-electron chi connectivity index (χ4n) is 8.22. The van der Waals surface area contributed by atoms with Crippen LogP contribution in [0.5, 0.6) is 11.5 Å². The molecule has 3 nitrogen and oxygen atoms in total. The Morgan fingerprint density at radius 1 is 0.365 bits per heavy atom. The third kappa shape index (κ3) is 4.74. The van der Waals surface area contributed by atoms with E-state index >= 15 is 0 Å². The number of benzene rings is 7. The van der Waals surface area contributed by atoms with Crippen LogP contribution in [0.4, 0.5) is 0 Å². The van der Waals surface area contributed by atoms with E-state index in [1.165, 1.54) is 33.4 Å². The van der Waals surface area contributed by atoms with Gasteiger partial charge in [0.1, 0.15) is 11.5 Å². The molecule has 0 amide bonds. The van der Waals surface area contributed by atoms with Gasteiger partial charge in [0.2, 0.25) is 0 Å². The normalized spacial score (nSPS) is 13.1. The molecule has 3 heteroatoms. The van der Waals surface area contributed by atoms with E-state index in [4.69, 9.17) is 14.7 Å². The fourth-order valence-corrected chi connectivity index (χ4v) is 8.22. The molecule has 8 aromatic rings. The molecule has 2 heterocycles. The largest absolute Gasteiger partial charge is 0.456 e. The molecule has 0 N–H and O–H groups in total. The number of hydrogen-bond donors (Lipinski definition) is 0. The Hall–Kier alpha value is -6.58. The molecule has 1 aromatic heterocycles. The summed E-state index contributed by atoms with van der Waals surface area (Å²) >= 11 is 0. The first-order valence-corrected chi connectivity index (χ1v) is 17.8. The minimum atomic E-state index is -0.183. The van der Waals surface area contributed by atoms with Gasteiger partial charge in [0, 0.05) is 40.1 Å². The topological polar surface area (TPSA) is 35.0 Å². The summed E-state index contributed by atoms with van der Waals surface area (Å²) < 4.78 is 7.19. The van der Waals surface area contributed by atoms with Crippen molar-refractivity contribution in [1.29, 1.82) is 0 Å². The predicted octanol–water partition coefficient (Wildman–Crippen LogP) is 12.9. The first-order valence-electron chi connectivity index (χ1n) is 17.8. The fraction of sp³-hybridized carbons (Fsp3) is 0.0612. The lowest BCUT2D eigenvalue weighted by Crippen LogP contribution is -2.15. The zero-order chi connectivity index (χ0) is 34.8. The van der Waals surface area contributed by atoms with Gasteiger partial charge in [0.15, 0.2) is 5.82 Å². The molecule has 0 bridgehead atoms. The second-order valence-electron chi connectivity index (χ2n) is 14.2. The third-order valence-corrected chi connectivity index (χ3v) is 10.8. The Bertz CT molecular complexity index is 2670. The molecule has 246 valence electrons. The third-order valence-electron chi connectivity index (χ3n) is 10.8. The van der Waals surface area contributed by atoms with Gasteiger partial charge in [-0.25, -0.2) is 9.97 Å². The van der Waals surface area contributed by atoms with E-state index in [1.54, 1.807) is 0 Å². The van der Waals surface area contributed by atoms with E-state index in [0.717, 1.165) is 61.6 Å². The van der Waals surface area contributed by atoms with Crippen LogP contribution in [0, 0.1) is 0 Å². The van der Waals surface area contributed by atoms with Crippen molar-refractivity contribution in [2.75, 3.05) is 0 Å². The lowest BCUT2D eigenvalue weighted by atomic mass is 9.81. The molecule has 1 aliphatic heterocycles. The molecule has 0 atom stereocenters. The van der Waals surface area contributed by atoms with E-state index in [9.17, 15) is 0 Å². The van der Waals surface area contributed by atoms with Gasteiger partial charge in [-0.15, -0.1) is 0 Å². The number of fused-ring (bicyclic) bond motifs is 12. The summed E-state index contributed by atoms with van der Waals surface area (Å²) in [5.74, 6) is 2.37. The average molecular weight is 667 g/mol. The molecule has 10 rings (SSSR count). The average Bonchev–Trinajstić information content (AvgIpc) is 3.42. The summed E-state index contributed by atoms with van der Waals surface area (Å²) in [7, 11) is 0. The van der Waals surface area contributed by atoms with Crippen LogP contribution in [0.3, 0.4) is 0 Å². The van der Waals surface area contributed by atoms with E-state index in [2.05, 4.69) is 141 Å². The SMILES string of the molecule is CC1(C)c2ccccc2-c2cc3c(cc21)Oc1ccccc1-c1ccccc1-c1ccccc1-c1ccc(-c2cnc(-c4ccccc4)nc2)cc1-3. The Morgan fingerprint density at radius 3 is 1.62 bits per heavy atom. The highest BCUT2D eigenvalue weighted by Gasteiger charge is 2.37. The molecule has 0 spiro atoms. The van der Waals surface area contributed by atoms with Crippen molar-refractivity contribution in [3.05, 3.63) is 181 Å². The Kier molecular flexibility index (Phi) is 6.84. The lowest BCUT2D eigenvalue weighted by molar-refractivity contribution is 0.484. The molecule has 0 saturated heterocycles. The maximum atomic E-state index is 7.19. The van der Waals surface area contributed by atoms with Crippen molar-refractivity contribution in [3.63, 3.8) is 0 Å². The van der Waals surface area contributed by atoms with Crippen molar-refractivity contribution in [3.8, 4) is 89.6 Å². The van der Waals surface area contributed by atoms with Crippen LogP contribution < -0.4 is 4.74 Å². The standard InChI is InChI=1S/C49H34N2O/c1-49(2)44-22-12-10-20-39(44)42-27-43-41-26-32(33-29-50-48(51-30-33)31-14-4-3-5-15-31)24-25-38(41)36-18-7-6-16-34(36)35-17-8-9-19-37(35)40-21-11-13-23-46(40)52-47(43)28-45(42)49/h3-30H,1-2H3. The van der Waals surface area contributed by atoms with Gasteiger partial charge in [-0.2, -0.15) is 0 Å². The molecule has 52 heavy (non-hydrogen) atoms. The minimum Gasteiger partial charge on any atom is -0.456 e. The van der Waals surface area contributed by atoms with Gasteiger partial charge in [0.25, 0.3) is 0 Å². The van der Waals surface area contributed by atoms with Crippen molar-refractivity contribution in [2.24, 2.45) is 0 Å². The van der Waals surface area contributed by atoms with Gasteiger partial charge in [-0.1, -0.05) is 147 Å². The van der Waals surface area contributed by atoms with Crippen LogP contribution in [0.15, 0.2) is 170 Å². The molecule has 0 saturated carbocycles. The van der Waals surface area contributed by atoms with E-state index < -0.39 is 0 Å². The smallest absolute Gasteiger partial charge is 0.159 e. The second kappa shape index (κ2) is 11.8. The highest BCUT2D eigenvalue weighted by molar-refractivity contribution is 6.00. The monoisotopic (exact) mass is 666 g/mol. The number of ether oxygens (including phenoxy) is 1. The van der Waals surface area contributed by atoms with Crippen molar-refractivity contribution < 1.29 is 4.74 Å². The number of aromatic nitrogens is 2. The van der Waals surface area contributed by atoms with E-state index in [-0.39, 0.29) is 5.41 Å². The number of hydrogen-bond acceptors (Lipinski definition) is 3. The van der Waals surface area contributed by atoms with Gasteiger partial charge in [0.05, 0.1) is 0 Å². The van der Waals surface area contributed by atoms with Gasteiger partial charge in [-0.05, 0) is 85.5 Å². The van der Waals surface area contributed by atoms with Crippen molar-refractivity contribution in [2.45, 2.75) is 19.3 Å². The van der Waals surface area contributed by atoms with Crippen LogP contribution >= 0.6 is 0 Å². The summed E-state index contributed by atoms with van der Waals surface area (Å²) in [6.07, 6.45) is 3.86. The zero-order valence-electron chi connectivity index (χ0n) is 29.0. The molecule has 0 fully saturated rings. The van der Waals surface area contributed by atoms with Gasteiger partial charge < -0.3 is 4.74 Å². The summed E-state index contributed by atoms with van der Waals surface area (Å²) in [4.78, 5) is 9.59. The zero-order valence-corrected chi connectivity index (χ0v) is 29.0. The van der Waals surface area contributed by atoms with Crippen LogP contribution in [0.1, 0.15) is 25.0 Å². The Balaban J connectivity index is 1.28. The van der Waals surface area contributed by atoms with Crippen molar-refractivity contribution >= 4 is 0 Å². The molecular formula is C49H34N2O. The van der Waals surface area contributed by atoms with Crippen LogP contribution in [-0.2, 0) is 5.41 Å². The first-order chi connectivity index (χ1) is 25.5. The number of rotatable bonds is 2. The van der Waals surface area contributed by atoms with Crippen LogP contribution in [0.2, 0.25) is 0 Å². The number of nitrogens with zero attached hydrogens (tertiary/aromatic N) is 2. The predicted molar refractivity (Wildman–Crippen MR) is 212 cm³/mol. The van der Waals surface area contributed by atoms with E-state index in [1.807, 2.05) is 42.7 Å². The number of para-hydroxylation sites is 1. The highest BCUT2D eigenvalue weighted by atomic mass is 16.5. The summed E-state index contributed by atoms with van der Waals surface area (Å²) in [6.45, 7) is 4.64. The van der Waals surface area contributed by atoms with Gasteiger partial charge >= 0.3 is 0 Å². The molecule has 0 unspecified atom stereocenters. The highest BCUT2D eigenvalue weighted by Crippen LogP contribution is 2.55. The Labute approximate surface area is 303 Å². The summed E-state index contributed by atoms with van der Waals surface area (Å²) in [6, 6.07) is 56.2. The molecule has 1 aliphatic carbocycles. The first kappa shape index (κ1) is 30.3. The maximum absolute atomic E-state index is 7.19. The molecular weight excluding hydrogens is 633 g/mol. The Morgan fingerprint density at radius 2 is 0.923 bits per heavy atom. The molecule has 2 aliphatic rings. The van der Waals surface area contributed by atoms with Crippen molar-refractivity contribution in [1.82, 2.24) is 9.97 Å². The van der Waals surface area contributed by atoms with Crippen LogP contribution in [-0.4, -0.2) is 9.97 Å². The van der Waals surface area contributed by atoms with E-state index in [0.29, 0.717) is 5.82 Å². The molecule has 7 aromatic carbocycles. The minimum absolute atomic E-state index is 0.183. The van der Waals surface area contributed by atoms with Gasteiger partial charge in [-0.3, -0.25) is 0 Å².